The van der Waals surface area contributed by atoms with Gasteiger partial charge in [-0.2, -0.15) is 0 Å². The van der Waals surface area contributed by atoms with E-state index in [1.807, 2.05) is 43.3 Å². The van der Waals surface area contributed by atoms with Crippen molar-refractivity contribution < 1.29 is 9.46 Å². The van der Waals surface area contributed by atoms with Gasteiger partial charge >= 0.3 is 0 Å². The van der Waals surface area contributed by atoms with Crippen LogP contribution in [0.15, 0.2) is 48.5 Å². The highest BCUT2D eigenvalue weighted by molar-refractivity contribution is 7.64. The number of rotatable bonds is 2. The highest BCUT2D eigenvalue weighted by atomic mass is 31.2. The van der Waals surface area contributed by atoms with Gasteiger partial charge in [-0.1, -0.05) is 48.5 Å². The van der Waals surface area contributed by atoms with Crippen LogP contribution in [0.1, 0.15) is 5.56 Å². The molecule has 0 aromatic heterocycles. The van der Waals surface area contributed by atoms with Crippen LogP contribution in [-0.2, 0) is 4.57 Å². The Morgan fingerprint density at radius 1 is 0.941 bits per heavy atom. The minimum atomic E-state index is -3.49. The fourth-order valence-electron chi connectivity index (χ4n) is 1.93. The third-order valence-electron chi connectivity index (χ3n) is 2.78. The van der Waals surface area contributed by atoms with Gasteiger partial charge in [0.25, 0.3) is 0 Å². The maximum absolute atomic E-state index is 11.8. The summed E-state index contributed by atoms with van der Waals surface area (Å²) in [5.41, 5.74) is 2.83. The molecule has 2 nitrogen and oxygen atoms in total. The zero-order valence-electron chi connectivity index (χ0n) is 9.88. The lowest BCUT2D eigenvalue weighted by Crippen LogP contribution is -2.16. The third kappa shape index (κ3) is 2.49. The molecule has 1 unspecified atom stereocenters. The van der Waals surface area contributed by atoms with Gasteiger partial charge < -0.3 is 9.46 Å². The molecule has 0 fully saturated rings. The second kappa shape index (κ2) is 4.48. The summed E-state index contributed by atoms with van der Waals surface area (Å²) in [5.74, 6) is 0. The maximum Gasteiger partial charge on any atom is 0.0409 e. The Kier molecular flexibility index (Phi) is 3.19. The van der Waals surface area contributed by atoms with E-state index in [1.54, 1.807) is 12.1 Å². The summed E-state index contributed by atoms with van der Waals surface area (Å²) in [6.07, 6.45) is 0. The molecule has 17 heavy (non-hydrogen) atoms. The molecule has 0 aliphatic rings. The summed E-state index contributed by atoms with van der Waals surface area (Å²) < 4.78 is 11.8. The quantitative estimate of drug-likeness (QED) is 0.763. The first-order valence-corrected chi connectivity index (χ1v) is 7.51. The monoisotopic (exact) mass is 245 g/mol. The zero-order chi connectivity index (χ0) is 12.5. The van der Waals surface area contributed by atoms with E-state index in [0.717, 1.165) is 16.7 Å². The molecule has 2 aromatic carbocycles. The molecule has 2 rings (SSSR count). The standard InChI is InChI=1S/C14H15O2P/c1-11-7-3-4-8-12(11)13-9-5-6-10-14(13)17(2,15)16/h3-10H,1-2H3,(H,15,16)/p-1. The van der Waals surface area contributed by atoms with Crippen molar-refractivity contribution in [2.45, 2.75) is 6.92 Å². The van der Waals surface area contributed by atoms with E-state index in [0.29, 0.717) is 5.30 Å². The molecule has 0 aliphatic carbocycles. The van der Waals surface area contributed by atoms with Gasteiger partial charge in [-0.25, -0.2) is 0 Å². The van der Waals surface area contributed by atoms with E-state index >= 15 is 0 Å². The van der Waals surface area contributed by atoms with Crippen LogP contribution < -0.4 is 10.2 Å². The fraction of sp³-hybridized carbons (Fsp3) is 0.143. The van der Waals surface area contributed by atoms with Crippen molar-refractivity contribution in [3.05, 3.63) is 54.1 Å². The molecular weight excluding hydrogens is 231 g/mol. The Hall–Kier alpha value is -1.37. The lowest BCUT2D eigenvalue weighted by molar-refractivity contribution is -0.169. The van der Waals surface area contributed by atoms with E-state index < -0.39 is 7.37 Å². The van der Waals surface area contributed by atoms with Crippen molar-refractivity contribution in [2.24, 2.45) is 0 Å². The van der Waals surface area contributed by atoms with Crippen LogP contribution in [0.2, 0.25) is 0 Å². The van der Waals surface area contributed by atoms with E-state index in [9.17, 15) is 9.46 Å². The first-order chi connectivity index (χ1) is 8.00. The van der Waals surface area contributed by atoms with Crippen LogP contribution in [0, 0.1) is 6.92 Å². The smallest absolute Gasteiger partial charge is 0.0409 e. The lowest BCUT2D eigenvalue weighted by Gasteiger charge is -2.22. The second-order valence-electron chi connectivity index (χ2n) is 4.18. The lowest BCUT2D eigenvalue weighted by atomic mass is 10.0. The number of hydrogen-bond donors (Lipinski definition) is 0. The van der Waals surface area contributed by atoms with Crippen molar-refractivity contribution in [3.8, 4) is 11.1 Å². The van der Waals surface area contributed by atoms with E-state index in [2.05, 4.69) is 0 Å². The number of benzene rings is 2. The molecule has 0 N–H and O–H groups in total. The molecular formula is C14H14O2P-. The van der Waals surface area contributed by atoms with Crippen LogP contribution in [0.25, 0.3) is 11.1 Å². The van der Waals surface area contributed by atoms with E-state index in [-0.39, 0.29) is 0 Å². The Morgan fingerprint density at radius 2 is 1.47 bits per heavy atom. The van der Waals surface area contributed by atoms with Gasteiger partial charge in [-0.05, 0) is 30.3 Å². The van der Waals surface area contributed by atoms with Gasteiger partial charge in [0.15, 0.2) is 0 Å². The maximum atomic E-state index is 11.8. The first kappa shape index (κ1) is 12.1. The van der Waals surface area contributed by atoms with Gasteiger partial charge in [0, 0.05) is 12.7 Å². The average molecular weight is 245 g/mol. The van der Waals surface area contributed by atoms with Crippen LogP contribution in [0.4, 0.5) is 0 Å². The highest BCUT2D eigenvalue weighted by Gasteiger charge is 2.12. The van der Waals surface area contributed by atoms with Crippen LogP contribution in [-0.4, -0.2) is 6.66 Å². The summed E-state index contributed by atoms with van der Waals surface area (Å²) in [7, 11) is -3.49. The topological polar surface area (TPSA) is 40.1 Å². The predicted octanol–water partition coefficient (Wildman–Crippen LogP) is 2.56. The van der Waals surface area contributed by atoms with Crippen LogP contribution in [0.5, 0.6) is 0 Å². The molecule has 0 bridgehead atoms. The molecule has 0 spiro atoms. The summed E-state index contributed by atoms with van der Waals surface area (Å²) in [5, 5.41) is 0.411. The minimum absolute atomic E-state index is 0.411. The van der Waals surface area contributed by atoms with Gasteiger partial charge in [-0.15, -0.1) is 0 Å². The Labute approximate surface area is 101 Å². The van der Waals surface area contributed by atoms with Crippen molar-refractivity contribution in [1.82, 2.24) is 0 Å². The SMILES string of the molecule is Cc1ccccc1-c1ccccc1P(C)(=O)[O-]. The van der Waals surface area contributed by atoms with Gasteiger partial charge in [0.1, 0.15) is 0 Å². The summed E-state index contributed by atoms with van der Waals surface area (Å²) in [4.78, 5) is 11.8. The molecule has 0 radical (unpaired) electrons. The second-order valence-corrected chi connectivity index (χ2v) is 6.35. The molecule has 0 aliphatic heterocycles. The minimum Gasteiger partial charge on any atom is -0.796 e. The van der Waals surface area contributed by atoms with Crippen molar-refractivity contribution in [1.29, 1.82) is 0 Å². The largest absolute Gasteiger partial charge is 0.796 e. The molecule has 88 valence electrons. The fourth-order valence-corrected chi connectivity index (χ4v) is 2.92. The normalized spacial score (nSPS) is 14.3. The predicted molar refractivity (Wildman–Crippen MR) is 69.8 cm³/mol. The molecule has 0 saturated carbocycles. The Morgan fingerprint density at radius 3 is 2.06 bits per heavy atom. The number of hydrogen-bond acceptors (Lipinski definition) is 2. The Bertz CT molecular complexity index is 584. The van der Waals surface area contributed by atoms with Crippen molar-refractivity contribution >= 4 is 12.7 Å². The summed E-state index contributed by atoms with van der Waals surface area (Å²) in [6.45, 7) is 3.25. The molecule has 0 saturated heterocycles. The third-order valence-corrected chi connectivity index (χ3v) is 4.04. The average Bonchev–Trinajstić information content (AvgIpc) is 2.28. The highest BCUT2D eigenvalue weighted by Crippen LogP contribution is 2.35. The van der Waals surface area contributed by atoms with Crippen molar-refractivity contribution in [2.75, 3.05) is 6.66 Å². The summed E-state index contributed by atoms with van der Waals surface area (Å²) in [6, 6.07) is 14.9. The van der Waals surface area contributed by atoms with E-state index in [1.165, 1.54) is 6.66 Å². The first-order valence-electron chi connectivity index (χ1n) is 5.44. The number of aryl methyl sites for hydroxylation is 1. The van der Waals surface area contributed by atoms with Crippen molar-refractivity contribution in [3.63, 3.8) is 0 Å². The molecule has 2 aromatic rings. The summed E-state index contributed by atoms with van der Waals surface area (Å²) >= 11 is 0. The molecule has 0 heterocycles. The molecule has 0 amide bonds. The molecule has 1 atom stereocenters. The van der Waals surface area contributed by atoms with Gasteiger partial charge in [0.2, 0.25) is 0 Å². The zero-order valence-corrected chi connectivity index (χ0v) is 10.8. The van der Waals surface area contributed by atoms with Gasteiger partial charge in [0.05, 0.1) is 0 Å². The van der Waals surface area contributed by atoms with E-state index in [4.69, 9.17) is 0 Å². The Balaban J connectivity index is 2.69. The van der Waals surface area contributed by atoms with Crippen LogP contribution in [0.3, 0.4) is 0 Å². The molecule has 3 heteroatoms. The van der Waals surface area contributed by atoms with Crippen LogP contribution >= 0.6 is 7.37 Å². The van der Waals surface area contributed by atoms with Gasteiger partial charge in [-0.3, -0.25) is 0 Å².